The third kappa shape index (κ3) is 32.0. The van der Waals surface area contributed by atoms with Gasteiger partial charge in [-0.3, -0.25) is 4.79 Å². The molecule has 0 aromatic carbocycles. The van der Waals surface area contributed by atoms with Crippen molar-refractivity contribution in [2.45, 2.75) is 369 Å². The molecule has 3 aliphatic heterocycles. The van der Waals surface area contributed by atoms with Gasteiger partial charge in [0.25, 0.3) is 0 Å². The van der Waals surface area contributed by atoms with Crippen molar-refractivity contribution in [1.82, 2.24) is 5.32 Å². The summed E-state index contributed by atoms with van der Waals surface area (Å²) in [5, 5.41) is 120. The fourth-order valence-corrected chi connectivity index (χ4v) is 11.9. The molecule has 0 saturated carbocycles. The molecule has 19 nitrogen and oxygen atoms in total. The number of allylic oxidation sites excluding steroid dienone is 3. The Kier molecular flexibility index (Phi) is 45.6. The molecule has 1 amide bonds. The maximum atomic E-state index is 13.4. The number of aliphatic hydroxyl groups excluding tert-OH is 11. The average molecular weight is 1230 g/mol. The third-order valence-corrected chi connectivity index (χ3v) is 17.5. The molecule has 3 heterocycles. The minimum atomic E-state index is -1.98. The minimum Gasteiger partial charge on any atom is -0.394 e. The van der Waals surface area contributed by atoms with Crippen LogP contribution in [0, 0.1) is 0 Å². The van der Waals surface area contributed by atoms with Crippen molar-refractivity contribution in [3.63, 3.8) is 0 Å². The predicted octanol–water partition coefficient (Wildman–Crippen LogP) is 8.66. The second kappa shape index (κ2) is 49.9. The summed E-state index contributed by atoms with van der Waals surface area (Å²) in [4.78, 5) is 13.4. The molecule has 86 heavy (non-hydrogen) atoms. The summed E-state index contributed by atoms with van der Waals surface area (Å²) in [6.45, 7) is 1.74. The number of carbonyl (C=O) groups excluding carboxylic acids is 1. The van der Waals surface area contributed by atoms with Gasteiger partial charge >= 0.3 is 0 Å². The molecule has 3 saturated heterocycles. The molecule has 17 unspecified atom stereocenters. The van der Waals surface area contributed by atoms with Gasteiger partial charge < -0.3 is 89.9 Å². The maximum absolute atomic E-state index is 13.4. The Hall–Kier alpha value is -1.73. The Morgan fingerprint density at radius 2 is 0.744 bits per heavy atom. The van der Waals surface area contributed by atoms with E-state index in [1.165, 1.54) is 193 Å². The summed E-state index contributed by atoms with van der Waals surface area (Å²) in [7, 11) is 0. The molecule has 19 heteroatoms. The smallest absolute Gasteiger partial charge is 0.220 e. The minimum absolute atomic E-state index is 0.241. The molecule has 3 fully saturated rings. The van der Waals surface area contributed by atoms with E-state index in [9.17, 15) is 61.0 Å². The zero-order valence-electron chi connectivity index (χ0n) is 53.3. The van der Waals surface area contributed by atoms with E-state index in [2.05, 4.69) is 31.3 Å². The van der Waals surface area contributed by atoms with E-state index >= 15 is 0 Å². The Morgan fingerprint density at radius 3 is 1.16 bits per heavy atom. The van der Waals surface area contributed by atoms with Gasteiger partial charge in [0.05, 0.1) is 38.6 Å². The van der Waals surface area contributed by atoms with Gasteiger partial charge in [-0.1, -0.05) is 250 Å². The van der Waals surface area contributed by atoms with Crippen molar-refractivity contribution in [2.75, 3.05) is 26.4 Å². The Bertz CT molecular complexity index is 1660. The second-order valence-electron chi connectivity index (χ2n) is 25.0. The number of rotatable bonds is 53. The lowest BCUT2D eigenvalue weighted by Crippen LogP contribution is -2.66. The molecule has 3 rings (SSSR count). The molecular formula is C67H125NO18. The lowest BCUT2D eigenvalue weighted by molar-refractivity contribution is -0.379. The van der Waals surface area contributed by atoms with Crippen LogP contribution >= 0.6 is 0 Å². The van der Waals surface area contributed by atoms with Crippen LogP contribution in [0.5, 0.6) is 0 Å². The number of nitrogens with one attached hydrogen (secondary N) is 1. The van der Waals surface area contributed by atoms with E-state index < -0.39 is 124 Å². The number of unbranched alkanes of at least 4 members (excludes halogenated alkanes) is 35. The highest BCUT2D eigenvalue weighted by atomic mass is 16.8. The zero-order valence-corrected chi connectivity index (χ0v) is 53.3. The first-order valence-electron chi connectivity index (χ1n) is 34.6. The molecule has 0 radical (unpaired) electrons. The van der Waals surface area contributed by atoms with E-state index in [1.807, 2.05) is 6.08 Å². The zero-order chi connectivity index (χ0) is 62.6. The molecule has 0 aromatic rings. The first kappa shape index (κ1) is 78.5. The van der Waals surface area contributed by atoms with Crippen molar-refractivity contribution >= 4 is 5.91 Å². The quantitative estimate of drug-likeness (QED) is 0.0200. The first-order chi connectivity index (χ1) is 41.8. The van der Waals surface area contributed by atoms with Crippen LogP contribution in [0.15, 0.2) is 24.3 Å². The van der Waals surface area contributed by atoms with E-state index in [4.69, 9.17) is 28.4 Å². The molecule has 17 atom stereocenters. The Balaban J connectivity index is 1.45. The van der Waals surface area contributed by atoms with Gasteiger partial charge in [0, 0.05) is 6.42 Å². The SMILES string of the molecule is CCCCCCCCCCCCCC/C=C/CC/C=C/C(O)C(COC1OC(CO)C(OC2OC(CO)C(OC3OC(CO)C(O)C(O)C3O)C(O)C2O)C(O)C1O)NC(=O)CCCCCCCCCCCCCCCCCCCCCCCCC. The van der Waals surface area contributed by atoms with Crippen LogP contribution in [0.3, 0.4) is 0 Å². The highest BCUT2D eigenvalue weighted by molar-refractivity contribution is 5.76. The summed E-state index contributed by atoms with van der Waals surface area (Å²) in [6.07, 6.45) is 28.7. The largest absolute Gasteiger partial charge is 0.394 e. The molecule has 12 N–H and O–H groups in total. The van der Waals surface area contributed by atoms with E-state index in [0.29, 0.717) is 12.8 Å². The third-order valence-electron chi connectivity index (χ3n) is 17.5. The molecule has 0 spiro atoms. The van der Waals surface area contributed by atoms with Gasteiger partial charge in [-0.15, -0.1) is 0 Å². The van der Waals surface area contributed by atoms with Gasteiger partial charge in [0.1, 0.15) is 73.2 Å². The van der Waals surface area contributed by atoms with Gasteiger partial charge in [0.15, 0.2) is 18.9 Å². The highest BCUT2D eigenvalue weighted by Crippen LogP contribution is 2.33. The Morgan fingerprint density at radius 1 is 0.407 bits per heavy atom. The topological polar surface area (TPSA) is 307 Å². The average Bonchev–Trinajstić information content (AvgIpc) is 2.23. The van der Waals surface area contributed by atoms with Crippen molar-refractivity contribution in [3.8, 4) is 0 Å². The maximum Gasteiger partial charge on any atom is 0.220 e. The number of ether oxygens (including phenoxy) is 6. The fraction of sp³-hybridized carbons (Fsp3) is 0.925. The van der Waals surface area contributed by atoms with Crippen LogP contribution in [0.25, 0.3) is 0 Å². The van der Waals surface area contributed by atoms with Gasteiger partial charge in [-0.2, -0.15) is 0 Å². The normalized spacial score (nSPS) is 28.9. The lowest BCUT2D eigenvalue weighted by Gasteiger charge is -2.48. The molecule has 0 aromatic heterocycles. The van der Waals surface area contributed by atoms with Crippen molar-refractivity contribution in [1.29, 1.82) is 0 Å². The van der Waals surface area contributed by atoms with Crippen LogP contribution in [0.2, 0.25) is 0 Å². The highest BCUT2D eigenvalue weighted by Gasteiger charge is 2.53. The number of amides is 1. The molecule has 3 aliphatic rings. The number of carbonyl (C=O) groups is 1. The lowest BCUT2D eigenvalue weighted by atomic mass is 9.96. The molecule has 0 bridgehead atoms. The summed E-state index contributed by atoms with van der Waals surface area (Å²) in [5.41, 5.74) is 0. The number of hydrogen-bond donors (Lipinski definition) is 12. The van der Waals surface area contributed by atoms with E-state index in [-0.39, 0.29) is 18.9 Å². The predicted molar refractivity (Wildman–Crippen MR) is 333 cm³/mol. The van der Waals surface area contributed by atoms with Crippen LogP contribution in [0.4, 0.5) is 0 Å². The monoisotopic (exact) mass is 1230 g/mol. The van der Waals surface area contributed by atoms with Crippen molar-refractivity contribution in [2.24, 2.45) is 0 Å². The van der Waals surface area contributed by atoms with Crippen LogP contribution in [-0.2, 0) is 33.2 Å². The molecular weight excluding hydrogens is 1110 g/mol. The number of hydrogen-bond acceptors (Lipinski definition) is 18. The molecule has 506 valence electrons. The van der Waals surface area contributed by atoms with Crippen LogP contribution in [-0.4, -0.2) is 193 Å². The standard InChI is InChI=1S/C67H125NO18/c1-3-5-7-9-11-13-15-17-19-21-23-24-25-26-27-29-31-33-35-37-39-41-43-45-55(73)68-50(51(72)44-42-40-38-36-34-32-30-28-22-20-18-16-14-12-10-8-6-4-2)49-81-65-61(79)58(76)63(53(47-70)83-65)86-67-62(80)59(77)64(54(48-71)84-67)85-66-60(78)57(75)56(74)52(46-69)82-66/h34,36,42,44,50-54,56-67,69-72,74-80H,3-33,35,37-41,43,45-49H2,1-2H3,(H,68,73)/b36-34+,44-42+. The van der Waals surface area contributed by atoms with Crippen LogP contribution < -0.4 is 5.32 Å². The summed E-state index contributed by atoms with van der Waals surface area (Å²) < 4.78 is 34.3. The summed E-state index contributed by atoms with van der Waals surface area (Å²) >= 11 is 0. The van der Waals surface area contributed by atoms with Gasteiger partial charge in [0.2, 0.25) is 5.91 Å². The summed E-state index contributed by atoms with van der Waals surface area (Å²) in [5.74, 6) is -0.280. The van der Waals surface area contributed by atoms with Crippen molar-refractivity contribution < 1.29 is 89.4 Å². The van der Waals surface area contributed by atoms with Crippen LogP contribution in [0.1, 0.15) is 264 Å². The number of aliphatic hydroxyl groups is 11. The van der Waals surface area contributed by atoms with E-state index in [1.54, 1.807) is 6.08 Å². The Labute approximate surface area is 518 Å². The van der Waals surface area contributed by atoms with E-state index in [0.717, 1.165) is 38.5 Å². The van der Waals surface area contributed by atoms with Crippen molar-refractivity contribution in [3.05, 3.63) is 24.3 Å². The van der Waals surface area contributed by atoms with Gasteiger partial charge in [-0.25, -0.2) is 0 Å². The summed E-state index contributed by atoms with van der Waals surface area (Å²) in [6, 6.07) is -0.986. The second-order valence-corrected chi connectivity index (χ2v) is 25.0. The first-order valence-corrected chi connectivity index (χ1v) is 34.6. The fourth-order valence-electron chi connectivity index (χ4n) is 11.9. The van der Waals surface area contributed by atoms with Gasteiger partial charge in [-0.05, 0) is 32.1 Å². The molecule has 0 aliphatic carbocycles.